The van der Waals surface area contributed by atoms with E-state index in [1.54, 1.807) is 0 Å². The number of imidazole rings is 1. The molecule has 4 atom stereocenters. The Kier molecular flexibility index (Phi) is 8.44. The molecule has 22 heteroatoms. The zero-order valence-corrected chi connectivity index (χ0v) is 18.2. The number of alkyl halides is 1. The van der Waals surface area contributed by atoms with Gasteiger partial charge < -0.3 is 35.2 Å². The molecule has 0 saturated carbocycles. The van der Waals surface area contributed by atoms with Crippen LogP contribution in [0.3, 0.4) is 0 Å². The van der Waals surface area contributed by atoms with Crippen molar-refractivity contribution in [3.8, 4) is 0 Å². The lowest BCUT2D eigenvalue weighted by molar-refractivity contribution is -0.0904. The molecule has 0 spiro atoms. The number of phosphoric ester groups is 1. The second-order valence-corrected chi connectivity index (χ2v) is 10.2. The van der Waals surface area contributed by atoms with E-state index in [2.05, 4.69) is 28.1 Å². The van der Waals surface area contributed by atoms with Crippen LogP contribution in [0.1, 0.15) is 0 Å². The molecule has 0 amide bonds. The van der Waals surface area contributed by atoms with E-state index in [0.29, 0.717) is 0 Å². The van der Waals surface area contributed by atoms with Crippen LogP contribution in [-0.2, 0) is 38.3 Å². The van der Waals surface area contributed by atoms with E-state index in [4.69, 9.17) is 25.2 Å². The lowest BCUT2D eigenvalue weighted by Crippen LogP contribution is -2.35. The number of H-pyrrole nitrogens is 1. The smallest absolute Gasteiger partial charge is 0.388 e. The largest absolute Gasteiger partial charge is 0.490 e. The molecule has 0 radical (unpaired) electrons. The number of aromatic nitrogens is 4. The normalized spacial score (nSPS) is 18.2. The first-order valence-corrected chi connectivity index (χ1v) is 12.5. The quantitative estimate of drug-likeness (QED) is 0.158. The molecular formula is C10H17FN5O13P3. The van der Waals surface area contributed by atoms with Gasteiger partial charge in [0.1, 0.15) is 25.6 Å². The van der Waals surface area contributed by atoms with Crippen LogP contribution in [0.15, 0.2) is 11.1 Å². The van der Waals surface area contributed by atoms with Gasteiger partial charge >= 0.3 is 23.5 Å². The summed E-state index contributed by atoms with van der Waals surface area (Å²) in [5, 5.41) is 9.69. The summed E-state index contributed by atoms with van der Waals surface area (Å²) in [5.74, 6) is -0.253. The fourth-order valence-corrected chi connectivity index (χ4v) is 5.11. The summed E-state index contributed by atoms with van der Waals surface area (Å²) in [6.07, 6.45) is -2.53. The summed E-state index contributed by atoms with van der Waals surface area (Å²) >= 11 is 0. The van der Waals surface area contributed by atoms with Crippen LogP contribution in [0.5, 0.6) is 0 Å². The second-order valence-electron chi connectivity index (χ2n) is 5.78. The molecule has 18 nitrogen and oxygen atoms in total. The molecule has 2 rings (SSSR count). The number of rotatable bonds is 12. The van der Waals surface area contributed by atoms with Gasteiger partial charge in [-0.1, -0.05) is 0 Å². The topological polar surface area (TPSA) is 279 Å². The number of hydrogen-bond donors (Lipinski definition) is 7. The molecular weight excluding hydrogens is 510 g/mol. The van der Waals surface area contributed by atoms with Gasteiger partial charge in [0.2, 0.25) is 5.95 Å². The molecule has 0 aliphatic heterocycles. The maximum absolute atomic E-state index is 12.9. The molecule has 2 aromatic heterocycles. The molecule has 0 bridgehead atoms. The zero-order chi connectivity index (χ0) is 24.3. The first-order valence-electron chi connectivity index (χ1n) is 7.97. The fourth-order valence-electron chi connectivity index (χ4n) is 2.08. The standard InChI is InChI=1S/C10H17FN5O13P3/c11-1-5(17)6(2-27-31(22,23)29-32(24,25)28-30(19,20)21)26-4-16-3-13-7-8(16)14-10(12)15-9(7)18/h3,5-6,17H,1-2,4H2,(H,22,23)(H,24,25)(H2,19,20,21)(H3,12,14,15,18)/t5?,6-/m1/s1. The first kappa shape index (κ1) is 26.7. The molecule has 2 heterocycles. The Labute approximate surface area is 176 Å². The zero-order valence-electron chi connectivity index (χ0n) is 15.5. The third-order valence-electron chi connectivity index (χ3n) is 3.33. The Balaban J connectivity index is 2.08. The van der Waals surface area contributed by atoms with E-state index in [1.165, 1.54) is 0 Å². The van der Waals surface area contributed by atoms with Crippen molar-refractivity contribution in [2.45, 2.75) is 18.9 Å². The molecule has 182 valence electrons. The number of nitrogens with one attached hydrogen (secondary N) is 1. The number of phosphoric acid groups is 3. The van der Waals surface area contributed by atoms with Gasteiger partial charge in [0, 0.05) is 0 Å². The van der Waals surface area contributed by atoms with Crippen molar-refractivity contribution in [2.24, 2.45) is 0 Å². The summed E-state index contributed by atoms with van der Waals surface area (Å²) in [6, 6.07) is 0. The molecule has 8 N–H and O–H groups in total. The molecule has 32 heavy (non-hydrogen) atoms. The van der Waals surface area contributed by atoms with E-state index in [1.807, 2.05) is 0 Å². The summed E-state index contributed by atoms with van der Waals surface area (Å²) in [6.45, 7) is -3.08. The van der Waals surface area contributed by atoms with Crippen LogP contribution in [0.2, 0.25) is 0 Å². The SMILES string of the molecule is Nc1nc2c(ncn2CO[C@H](COP(=O)(O)OP(=O)(O)OP(=O)(O)O)C(O)CF)c(=O)[nH]1. The Morgan fingerprint density at radius 1 is 1.19 bits per heavy atom. The number of ether oxygens (including phenoxy) is 1. The monoisotopic (exact) mass is 527 g/mol. The lowest BCUT2D eigenvalue weighted by Gasteiger charge is -2.23. The minimum Gasteiger partial charge on any atom is -0.388 e. The van der Waals surface area contributed by atoms with Gasteiger partial charge in [-0.3, -0.25) is 18.9 Å². The van der Waals surface area contributed by atoms with Crippen molar-refractivity contribution >= 4 is 40.6 Å². The highest BCUT2D eigenvalue weighted by atomic mass is 31.3. The highest BCUT2D eigenvalue weighted by Crippen LogP contribution is 2.66. The average molecular weight is 527 g/mol. The van der Waals surface area contributed by atoms with Crippen molar-refractivity contribution in [3.05, 3.63) is 16.7 Å². The number of aliphatic hydroxyl groups is 1. The molecule has 0 saturated heterocycles. The Morgan fingerprint density at radius 3 is 2.44 bits per heavy atom. The first-order chi connectivity index (χ1) is 14.6. The van der Waals surface area contributed by atoms with Gasteiger partial charge in [0.15, 0.2) is 11.2 Å². The van der Waals surface area contributed by atoms with E-state index < -0.39 is 61.2 Å². The van der Waals surface area contributed by atoms with Gasteiger partial charge in [0.25, 0.3) is 5.56 Å². The van der Waals surface area contributed by atoms with Gasteiger partial charge in [-0.2, -0.15) is 13.6 Å². The third-order valence-corrected chi connectivity index (χ3v) is 7.13. The highest BCUT2D eigenvalue weighted by molar-refractivity contribution is 7.66. The van der Waals surface area contributed by atoms with Gasteiger partial charge in [-0.05, 0) is 0 Å². The van der Waals surface area contributed by atoms with Gasteiger partial charge in [0.05, 0.1) is 12.9 Å². The van der Waals surface area contributed by atoms with Crippen molar-refractivity contribution in [1.82, 2.24) is 19.5 Å². The molecule has 0 fully saturated rings. The molecule has 2 aromatic rings. The van der Waals surface area contributed by atoms with E-state index in [9.17, 15) is 32.9 Å². The lowest BCUT2D eigenvalue weighted by atomic mass is 10.2. The number of nitrogens with zero attached hydrogens (tertiary/aromatic N) is 3. The van der Waals surface area contributed by atoms with Crippen molar-refractivity contribution in [3.63, 3.8) is 0 Å². The highest BCUT2D eigenvalue weighted by Gasteiger charge is 2.41. The van der Waals surface area contributed by atoms with Crippen molar-refractivity contribution in [2.75, 3.05) is 19.0 Å². The maximum Gasteiger partial charge on any atom is 0.490 e. The van der Waals surface area contributed by atoms with Crippen LogP contribution in [0.25, 0.3) is 11.2 Å². The molecule has 0 aliphatic rings. The molecule has 0 aromatic carbocycles. The van der Waals surface area contributed by atoms with E-state index in [-0.39, 0.29) is 17.1 Å². The van der Waals surface area contributed by atoms with Crippen LogP contribution < -0.4 is 11.3 Å². The molecule has 0 aliphatic carbocycles. The number of aromatic amines is 1. The maximum atomic E-state index is 12.9. The minimum absolute atomic E-state index is 0.0485. The second kappa shape index (κ2) is 10.1. The van der Waals surface area contributed by atoms with E-state index in [0.717, 1.165) is 10.9 Å². The summed E-state index contributed by atoms with van der Waals surface area (Å²) < 4.78 is 64.2. The molecule has 3 unspecified atom stereocenters. The Hall–Kier alpha value is -1.59. The Morgan fingerprint density at radius 2 is 1.84 bits per heavy atom. The Bertz CT molecular complexity index is 1150. The predicted molar refractivity (Wildman–Crippen MR) is 99.2 cm³/mol. The van der Waals surface area contributed by atoms with Gasteiger partial charge in [-0.25, -0.2) is 23.1 Å². The number of halogens is 1. The van der Waals surface area contributed by atoms with Crippen LogP contribution in [-0.4, -0.2) is 69.7 Å². The van der Waals surface area contributed by atoms with Crippen molar-refractivity contribution < 1.29 is 60.6 Å². The average Bonchev–Trinajstić information content (AvgIpc) is 3.01. The minimum atomic E-state index is -5.76. The number of aliphatic hydroxyl groups excluding tert-OH is 1. The van der Waals surface area contributed by atoms with E-state index >= 15 is 0 Å². The number of nitrogen functional groups attached to an aromatic ring is 1. The summed E-state index contributed by atoms with van der Waals surface area (Å²) in [5.41, 5.74) is 4.59. The van der Waals surface area contributed by atoms with Crippen LogP contribution >= 0.6 is 23.5 Å². The number of hydrogen-bond acceptors (Lipinski definition) is 12. The predicted octanol–water partition coefficient (Wildman–Crippen LogP) is -1.28. The fraction of sp³-hybridized carbons (Fsp3) is 0.500. The third kappa shape index (κ3) is 7.77. The number of anilines is 1. The summed E-state index contributed by atoms with van der Waals surface area (Å²) in [4.78, 5) is 57.0. The van der Waals surface area contributed by atoms with Crippen LogP contribution in [0, 0.1) is 0 Å². The number of nitrogens with two attached hydrogens (primary N) is 1. The van der Waals surface area contributed by atoms with Crippen LogP contribution in [0.4, 0.5) is 10.3 Å². The summed E-state index contributed by atoms with van der Waals surface area (Å²) in [7, 11) is -16.9. The van der Waals surface area contributed by atoms with Crippen molar-refractivity contribution in [1.29, 1.82) is 0 Å². The number of fused-ring (bicyclic) bond motifs is 1. The van der Waals surface area contributed by atoms with Gasteiger partial charge in [-0.15, -0.1) is 0 Å².